The van der Waals surface area contributed by atoms with E-state index in [2.05, 4.69) is 28.8 Å². The van der Waals surface area contributed by atoms with Gasteiger partial charge in [-0.15, -0.1) is 11.3 Å². The molecule has 0 bridgehead atoms. The zero-order valence-corrected chi connectivity index (χ0v) is 20.0. The molecule has 3 N–H and O–H groups in total. The number of anilines is 2. The molecule has 0 radical (unpaired) electrons. The van der Waals surface area contributed by atoms with Crippen molar-refractivity contribution in [1.29, 1.82) is 0 Å². The van der Waals surface area contributed by atoms with Crippen molar-refractivity contribution in [2.75, 3.05) is 10.2 Å². The van der Waals surface area contributed by atoms with Crippen molar-refractivity contribution in [2.45, 2.75) is 51.0 Å². The fourth-order valence-electron chi connectivity index (χ4n) is 4.46. The molecule has 3 amide bonds. The minimum atomic E-state index is -0.387. The van der Waals surface area contributed by atoms with Crippen LogP contribution in [-0.4, -0.2) is 35.5 Å². The molecule has 2 aromatic heterocycles. The van der Waals surface area contributed by atoms with Crippen LogP contribution in [0, 0.1) is 0 Å². The molecular formula is C25H29BN4O3S. The number of rotatable bonds is 7. The number of carbonyl (C=O) groups excluding carboxylic acids is 2. The molecule has 3 heterocycles. The predicted molar refractivity (Wildman–Crippen MR) is 141 cm³/mol. The number of nitrogens with one attached hydrogen (secondary N) is 2. The summed E-state index contributed by atoms with van der Waals surface area (Å²) >= 11 is 1.29. The Hall–Kier alpha value is -3.17. The van der Waals surface area contributed by atoms with Gasteiger partial charge in [-0.1, -0.05) is 62.9 Å². The summed E-state index contributed by atoms with van der Waals surface area (Å²) in [6.45, 7) is 7.52. The van der Waals surface area contributed by atoms with E-state index in [0.717, 1.165) is 31.1 Å². The number of thiophene rings is 1. The molecule has 1 aliphatic heterocycles. The SMILES string of the molecule is C=C/C(BO)=C\C=C(/C=C)N1C(=O)Nc2c(C(=O)NC3CCCCCCC3)sc3nccc1c23. The third-order valence-electron chi connectivity index (χ3n) is 6.27. The van der Waals surface area contributed by atoms with Crippen molar-refractivity contribution < 1.29 is 14.6 Å². The van der Waals surface area contributed by atoms with Gasteiger partial charge >= 0.3 is 13.5 Å². The van der Waals surface area contributed by atoms with Crippen LogP contribution < -0.4 is 15.5 Å². The molecule has 1 aliphatic carbocycles. The van der Waals surface area contributed by atoms with Crippen molar-refractivity contribution >= 4 is 52.3 Å². The second-order valence-electron chi connectivity index (χ2n) is 8.50. The molecule has 0 unspecified atom stereocenters. The second-order valence-corrected chi connectivity index (χ2v) is 9.50. The quantitative estimate of drug-likeness (QED) is 0.388. The maximum absolute atomic E-state index is 13.3. The third kappa shape index (κ3) is 4.86. The highest BCUT2D eigenvalue weighted by molar-refractivity contribution is 7.21. The highest BCUT2D eigenvalue weighted by atomic mass is 32.1. The van der Waals surface area contributed by atoms with E-state index in [1.54, 1.807) is 36.6 Å². The molecular weight excluding hydrogens is 447 g/mol. The molecule has 2 aromatic rings. The third-order valence-corrected chi connectivity index (χ3v) is 7.37. The number of hydrogen-bond acceptors (Lipinski definition) is 5. The van der Waals surface area contributed by atoms with Crippen molar-refractivity contribution in [1.82, 2.24) is 10.3 Å². The van der Waals surface area contributed by atoms with E-state index in [4.69, 9.17) is 0 Å². The van der Waals surface area contributed by atoms with Gasteiger partial charge in [-0.2, -0.15) is 0 Å². The molecule has 1 saturated carbocycles. The number of pyridine rings is 1. The molecule has 176 valence electrons. The lowest BCUT2D eigenvalue weighted by Crippen LogP contribution is -2.38. The van der Waals surface area contributed by atoms with Crippen molar-refractivity contribution in [3.8, 4) is 0 Å². The Balaban J connectivity index is 1.69. The number of allylic oxidation sites excluding steroid dienone is 5. The lowest BCUT2D eigenvalue weighted by molar-refractivity contribution is 0.0935. The minimum Gasteiger partial charge on any atom is -0.449 e. The van der Waals surface area contributed by atoms with Gasteiger partial charge in [0.1, 0.15) is 9.71 Å². The number of urea groups is 1. The lowest BCUT2D eigenvalue weighted by atomic mass is 9.87. The summed E-state index contributed by atoms with van der Waals surface area (Å²) < 4.78 is 0. The van der Waals surface area contributed by atoms with Gasteiger partial charge < -0.3 is 15.7 Å². The fraction of sp³-hybridized carbons (Fsp3) is 0.320. The molecule has 9 heteroatoms. The van der Waals surface area contributed by atoms with Crippen LogP contribution in [0.1, 0.15) is 54.6 Å². The second kappa shape index (κ2) is 10.8. The summed E-state index contributed by atoms with van der Waals surface area (Å²) in [5.41, 5.74) is 2.28. The topological polar surface area (TPSA) is 94.6 Å². The Morgan fingerprint density at radius 3 is 2.62 bits per heavy atom. The van der Waals surface area contributed by atoms with Crippen LogP contribution in [0.4, 0.5) is 16.2 Å². The predicted octanol–water partition coefficient (Wildman–Crippen LogP) is 4.97. The number of carbonyl (C=O) groups is 2. The summed E-state index contributed by atoms with van der Waals surface area (Å²) in [5, 5.41) is 16.2. The molecule has 34 heavy (non-hydrogen) atoms. The van der Waals surface area contributed by atoms with E-state index in [0.29, 0.717) is 32.3 Å². The molecule has 4 rings (SSSR count). The van der Waals surface area contributed by atoms with Gasteiger partial charge in [0.05, 0.1) is 22.5 Å². The zero-order valence-electron chi connectivity index (χ0n) is 19.2. The number of hydrogen-bond donors (Lipinski definition) is 3. The lowest BCUT2D eigenvalue weighted by Gasteiger charge is -2.29. The highest BCUT2D eigenvalue weighted by Crippen LogP contribution is 2.44. The van der Waals surface area contributed by atoms with Crippen LogP contribution in [-0.2, 0) is 0 Å². The molecule has 0 atom stereocenters. The molecule has 0 aromatic carbocycles. The normalized spacial score (nSPS) is 17.6. The average molecular weight is 476 g/mol. The van der Waals surface area contributed by atoms with Gasteiger partial charge in [0.25, 0.3) is 5.91 Å². The van der Waals surface area contributed by atoms with Crippen molar-refractivity contribution in [2.24, 2.45) is 0 Å². The molecule has 7 nitrogen and oxygen atoms in total. The molecule has 0 saturated heterocycles. The molecule has 0 spiro atoms. The van der Waals surface area contributed by atoms with Gasteiger partial charge in [0.15, 0.2) is 0 Å². The highest BCUT2D eigenvalue weighted by Gasteiger charge is 2.33. The Labute approximate surface area is 204 Å². The van der Waals surface area contributed by atoms with Crippen LogP contribution in [0.2, 0.25) is 0 Å². The fourth-order valence-corrected chi connectivity index (χ4v) is 5.49. The summed E-state index contributed by atoms with van der Waals surface area (Å²) in [4.78, 5) is 33.6. The zero-order chi connectivity index (χ0) is 24.1. The summed E-state index contributed by atoms with van der Waals surface area (Å²) in [6.07, 6.45) is 16.0. The van der Waals surface area contributed by atoms with E-state index in [-0.39, 0.29) is 25.5 Å². The number of aromatic nitrogens is 1. The maximum Gasteiger partial charge on any atom is 0.331 e. The first-order valence-electron chi connectivity index (χ1n) is 11.7. The smallest absolute Gasteiger partial charge is 0.331 e. The first kappa shape index (κ1) is 24.0. The molecule has 2 aliphatic rings. The summed E-state index contributed by atoms with van der Waals surface area (Å²) in [7, 11) is -0.162. The first-order chi connectivity index (χ1) is 16.6. The van der Waals surface area contributed by atoms with Crippen molar-refractivity contribution in [3.63, 3.8) is 0 Å². The molecule has 1 fully saturated rings. The van der Waals surface area contributed by atoms with Crippen LogP contribution in [0.3, 0.4) is 0 Å². The van der Waals surface area contributed by atoms with E-state index < -0.39 is 0 Å². The monoisotopic (exact) mass is 476 g/mol. The minimum absolute atomic E-state index is 0.154. The maximum atomic E-state index is 13.3. The van der Waals surface area contributed by atoms with Crippen LogP contribution in [0.15, 0.2) is 60.9 Å². The van der Waals surface area contributed by atoms with E-state index in [9.17, 15) is 14.6 Å². The van der Waals surface area contributed by atoms with E-state index in [1.165, 1.54) is 35.5 Å². The van der Waals surface area contributed by atoms with E-state index >= 15 is 0 Å². The first-order valence-corrected chi connectivity index (χ1v) is 12.5. The van der Waals surface area contributed by atoms with Crippen LogP contribution in [0.5, 0.6) is 0 Å². The Morgan fingerprint density at radius 1 is 1.21 bits per heavy atom. The van der Waals surface area contributed by atoms with Crippen LogP contribution >= 0.6 is 11.3 Å². The van der Waals surface area contributed by atoms with Crippen molar-refractivity contribution in [3.05, 3.63) is 65.8 Å². The van der Waals surface area contributed by atoms with E-state index in [1.807, 2.05) is 0 Å². The van der Waals surface area contributed by atoms with Gasteiger partial charge in [-0.3, -0.25) is 9.69 Å². The Kier molecular flexibility index (Phi) is 7.64. The number of amides is 3. The Morgan fingerprint density at radius 2 is 1.94 bits per heavy atom. The van der Waals surface area contributed by atoms with Gasteiger partial charge in [-0.05, 0) is 31.1 Å². The Bertz CT molecular complexity index is 1180. The summed E-state index contributed by atoms with van der Waals surface area (Å²) in [6, 6.07) is 1.53. The van der Waals surface area contributed by atoms with Gasteiger partial charge in [-0.25, -0.2) is 9.78 Å². The number of nitrogens with zero attached hydrogens (tertiary/aromatic N) is 2. The van der Waals surface area contributed by atoms with Gasteiger partial charge in [0.2, 0.25) is 0 Å². The largest absolute Gasteiger partial charge is 0.449 e. The standard InChI is InChI=1S/C25H29BN4O3S/c1-3-16(26-33)12-13-18(4-2)30-19-14-15-27-24-20(19)21(29-25(30)32)22(34-24)23(31)28-17-10-8-6-5-7-9-11-17/h3-4,12-15,17,26,33H,1-2,5-11H2,(H,28,31)(H,29,32)/b16-12+,18-13+. The van der Waals surface area contributed by atoms with Crippen LogP contribution in [0.25, 0.3) is 10.2 Å². The van der Waals surface area contributed by atoms with Gasteiger partial charge in [0, 0.05) is 12.2 Å². The summed E-state index contributed by atoms with van der Waals surface area (Å²) in [5.74, 6) is -0.163. The average Bonchev–Trinajstić information content (AvgIpc) is 3.19.